The normalized spacial score (nSPS) is 14.9. The van der Waals surface area contributed by atoms with Crippen LogP contribution in [-0.4, -0.2) is 45.4 Å². The van der Waals surface area contributed by atoms with Gasteiger partial charge < -0.3 is 15.2 Å². The molecule has 0 saturated carbocycles. The molecule has 0 atom stereocenters. The summed E-state index contributed by atoms with van der Waals surface area (Å²) in [7, 11) is 0. The van der Waals surface area contributed by atoms with E-state index in [2.05, 4.69) is 32.4 Å². The van der Waals surface area contributed by atoms with Gasteiger partial charge in [0, 0.05) is 42.9 Å². The zero-order valence-corrected chi connectivity index (χ0v) is 15.4. The largest absolute Gasteiger partial charge is 0.361 e. The maximum Gasteiger partial charge on any atom is 0.272 e. The molecule has 0 aliphatic carbocycles. The predicted octanol–water partition coefficient (Wildman–Crippen LogP) is 3.63. The Balaban J connectivity index is 1.38. The molecule has 1 aliphatic rings. The Hall–Kier alpha value is -2.89. The Bertz CT molecular complexity index is 912. The lowest BCUT2D eigenvalue weighted by molar-refractivity contribution is 0.0755. The Labute approximate surface area is 159 Å². The minimum absolute atomic E-state index is 0.0129. The van der Waals surface area contributed by atoms with Crippen molar-refractivity contribution in [1.82, 2.24) is 19.9 Å². The molecule has 6 nitrogen and oxygen atoms in total. The van der Waals surface area contributed by atoms with Gasteiger partial charge in [0.25, 0.3) is 5.91 Å². The summed E-state index contributed by atoms with van der Waals surface area (Å²) in [5, 5.41) is 4.49. The fraction of sp³-hybridized carbons (Fsp3) is 0.381. The number of hydrogen-bond acceptors (Lipinski definition) is 4. The van der Waals surface area contributed by atoms with Gasteiger partial charge >= 0.3 is 0 Å². The van der Waals surface area contributed by atoms with E-state index in [9.17, 15) is 4.79 Å². The molecule has 4 rings (SSSR count). The van der Waals surface area contributed by atoms with Crippen molar-refractivity contribution in [2.75, 3.05) is 25.0 Å². The lowest BCUT2D eigenvalue weighted by Crippen LogP contribution is -2.32. The molecule has 0 unspecified atom stereocenters. The minimum Gasteiger partial charge on any atom is -0.361 e. The highest BCUT2D eigenvalue weighted by Gasteiger charge is 2.18. The number of H-pyrrole nitrogens is 1. The van der Waals surface area contributed by atoms with Crippen molar-refractivity contribution >= 4 is 22.8 Å². The van der Waals surface area contributed by atoms with Crippen LogP contribution < -0.4 is 5.32 Å². The second kappa shape index (κ2) is 8.20. The number of nitrogens with zero attached hydrogens (tertiary/aromatic N) is 3. The Morgan fingerprint density at radius 2 is 1.93 bits per heavy atom. The predicted molar refractivity (Wildman–Crippen MR) is 107 cm³/mol. The van der Waals surface area contributed by atoms with Crippen molar-refractivity contribution in [3.63, 3.8) is 0 Å². The topological polar surface area (TPSA) is 73.9 Å². The standard InChI is InChI=1S/C21H25N5O/c27-20(26-13-5-1-2-6-14-26)19-10-12-23-21(25-19)22-11-9-16-15-24-18-8-4-3-7-17(16)18/h3-4,7-8,10,12,15,24H,1-2,5-6,9,11,13-14H2,(H,22,23,25). The van der Waals surface area contributed by atoms with Gasteiger partial charge in [-0.05, 0) is 37.0 Å². The Morgan fingerprint density at radius 3 is 2.78 bits per heavy atom. The van der Waals surface area contributed by atoms with Crippen LogP contribution in [0.15, 0.2) is 42.7 Å². The number of nitrogens with one attached hydrogen (secondary N) is 2. The second-order valence-corrected chi connectivity index (χ2v) is 7.01. The first kappa shape index (κ1) is 17.5. The Kier molecular flexibility index (Phi) is 5.32. The van der Waals surface area contributed by atoms with Crippen molar-refractivity contribution in [3.05, 3.63) is 54.0 Å². The Morgan fingerprint density at radius 1 is 1.11 bits per heavy atom. The molecule has 3 heterocycles. The second-order valence-electron chi connectivity index (χ2n) is 7.01. The highest BCUT2D eigenvalue weighted by atomic mass is 16.2. The number of aromatic amines is 1. The summed E-state index contributed by atoms with van der Waals surface area (Å²) in [6, 6.07) is 9.99. The number of benzene rings is 1. The quantitative estimate of drug-likeness (QED) is 0.726. The fourth-order valence-corrected chi connectivity index (χ4v) is 3.65. The SMILES string of the molecule is O=C(c1ccnc(NCCc2c[nH]c3ccccc23)n1)N1CCCCCC1. The van der Waals surface area contributed by atoms with E-state index in [4.69, 9.17) is 0 Å². The smallest absolute Gasteiger partial charge is 0.272 e. The summed E-state index contributed by atoms with van der Waals surface area (Å²) < 4.78 is 0. The van der Waals surface area contributed by atoms with E-state index < -0.39 is 0 Å². The number of amides is 1. The summed E-state index contributed by atoms with van der Waals surface area (Å²) in [5.74, 6) is 0.523. The number of rotatable bonds is 5. The first-order chi connectivity index (χ1) is 13.3. The van der Waals surface area contributed by atoms with E-state index in [0.717, 1.165) is 37.9 Å². The van der Waals surface area contributed by atoms with Crippen LogP contribution in [0.5, 0.6) is 0 Å². The number of aromatic nitrogens is 3. The van der Waals surface area contributed by atoms with Gasteiger partial charge in [-0.1, -0.05) is 31.0 Å². The number of hydrogen-bond donors (Lipinski definition) is 2. The van der Waals surface area contributed by atoms with Crippen LogP contribution in [0.4, 0.5) is 5.95 Å². The fourth-order valence-electron chi connectivity index (χ4n) is 3.65. The zero-order valence-electron chi connectivity index (χ0n) is 15.4. The van der Waals surface area contributed by atoms with Gasteiger partial charge in [-0.25, -0.2) is 9.97 Å². The molecule has 0 radical (unpaired) electrons. The van der Waals surface area contributed by atoms with Crippen LogP contribution in [0.25, 0.3) is 10.9 Å². The lowest BCUT2D eigenvalue weighted by Gasteiger charge is -2.19. The first-order valence-electron chi connectivity index (χ1n) is 9.72. The van der Waals surface area contributed by atoms with Crippen LogP contribution in [0.2, 0.25) is 0 Å². The molecule has 2 aromatic heterocycles. The summed E-state index contributed by atoms with van der Waals surface area (Å²) >= 11 is 0. The van der Waals surface area contributed by atoms with Crippen LogP contribution in [-0.2, 0) is 6.42 Å². The molecule has 0 bridgehead atoms. The van der Waals surface area contributed by atoms with E-state index in [1.807, 2.05) is 23.2 Å². The third-order valence-electron chi connectivity index (χ3n) is 5.12. The van der Waals surface area contributed by atoms with Gasteiger partial charge in [0.15, 0.2) is 0 Å². The lowest BCUT2D eigenvalue weighted by atomic mass is 10.1. The summed E-state index contributed by atoms with van der Waals surface area (Å²) in [6.07, 6.45) is 9.12. The van der Waals surface area contributed by atoms with Gasteiger partial charge in [-0.2, -0.15) is 0 Å². The molecule has 3 aromatic rings. The van der Waals surface area contributed by atoms with E-state index in [0.29, 0.717) is 18.2 Å². The molecule has 1 amide bonds. The highest BCUT2D eigenvalue weighted by molar-refractivity contribution is 5.92. The van der Waals surface area contributed by atoms with Gasteiger partial charge in [0.1, 0.15) is 5.69 Å². The van der Waals surface area contributed by atoms with Crippen molar-refractivity contribution < 1.29 is 4.79 Å². The molecule has 0 spiro atoms. The van der Waals surface area contributed by atoms with Crippen LogP contribution in [0.1, 0.15) is 41.7 Å². The summed E-state index contributed by atoms with van der Waals surface area (Å²) in [4.78, 5) is 26.6. The number of anilines is 1. The third kappa shape index (κ3) is 4.10. The third-order valence-corrected chi connectivity index (χ3v) is 5.12. The molecule has 27 heavy (non-hydrogen) atoms. The maximum atomic E-state index is 12.7. The molecule has 6 heteroatoms. The van der Waals surface area contributed by atoms with Crippen LogP contribution in [0, 0.1) is 0 Å². The number of para-hydroxylation sites is 1. The van der Waals surface area contributed by atoms with Crippen LogP contribution in [0.3, 0.4) is 0 Å². The van der Waals surface area contributed by atoms with E-state index in [1.165, 1.54) is 23.8 Å². The van der Waals surface area contributed by atoms with E-state index in [1.54, 1.807) is 12.3 Å². The summed E-state index contributed by atoms with van der Waals surface area (Å²) in [6.45, 7) is 2.36. The molecule has 2 N–H and O–H groups in total. The number of likely N-dealkylation sites (tertiary alicyclic amines) is 1. The zero-order chi connectivity index (χ0) is 18.5. The monoisotopic (exact) mass is 363 g/mol. The number of fused-ring (bicyclic) bond motifs is 1. The van der Waals surface area contributed by atoms with Gasteiger partial charge in [0.2, 0.25) is 5.95 Å². The molecular formula is C21H25N5O. The van der Waals surface area contributed by atoms with Crippen molar-refractivity contribution in [2.45, 2.75) is 32.1 Å². The van der Waals surface area contributed by atoms with Gasteiger partial charge in [0.05, 0.1) is 0 Å². The summed E-state index contributed by atoms with van der Waals surface area (Å²) in [5.41, 5.74) is 2.88. The average molecular weight is 363 g/mol. The number of carbonyl (C=O) groups excluding carboxylic acids is 1. The minimum atomic E-state index is 0.0129. The molecule has 140 valence electrons. The molecule has 1 fully saturated rings. The molecule has 1 saturated heterocycles. The van der Waals surface area contributed by atoms with Crippen LogP contribution >= 0.6 is 0 Å². The van der Waals surface area contributed by atoms with Crippen molar-refractivity contribution in [3.8, 4) is 0 Å². The van der Waals surface area contributed by atoms with Gasteiger partial charge in [-0.3, -0.25) is 4.79 Å². The molecular weight excluding hydrogens is 338 g/mol. The molecule has 1 aliphatic heterocycles. The highest BCUT2D eigenvalue weighted by Crippen LogP contribution is 2.18. The van der Waals surface area contributed by atoms with E-state index >= 15 is 0 Å². The van der Waals surface area contributed by atoms with Gasteiger partial charge in [-0.15, -0.1) is 0 Å². The maximum absolute atomic E-state index is 12.7. The first-order valence-corrected chi connectivity index (χ1v) is 9.72. The molecule has 1 aromatic carbocycles. The van der Waals surface area contributed by atoms with Crippen molar-refractivity contribution in [2.24, 2.45) is 0 Å². The van der Waals surface area contributed by atoms with Crippen molar-refractivity contribution in [1.29, 1.82) is 0 Å². The number of carbonyl (C=O) groups is 1. The average Bonchev–Trinajstić information content (AvgIpc) is 2.93. The van der Waals surface area contributed by atoms with E-state index in [-0.39, 0.29) is 5.91 Å².